The Morgan fingerprint density at radius 3 is 2.04 bits per heavy atom. The van der Waals surface area contributed by atoms with Crippen LogP contribution in [0, 0.1) is 0 Å². The van der Waals surface area contributed by atoms with Crippen LogP contribution in [0.5, 0.6) is 0 Å². The molecule has 2 nitrogen and oxygen atoms in total. The Balaban J connectivity index is 2.23. The maximum absolute atomic E-state index is 3.81. The molecule has 0 amide bonds. The third-order valence-electron chi connectivity index (χ3n) is 4.77. The zero-order valence-corrected chi connectivity index (χ0v) is 18.2. The quantitative estimate of drug-likeness (QED) is 0.390. The van der Waals surface area contributed by atoms with Gasteiger partial charge in [0.15, 0.2) is 0 Å². The first-order valence-corrected chi connectivity index (χ1v) is 11.3. The molecule has 0 aromatic heterocycles. The van der Waals surface area contributed by atoms with E-state index in [0.717, 1.165) is 0 Å². The molecule has 0 aliphatic heterocycles. The molecule has 0 spiro atoms. The van der Waals surface area contributed by atoms with Crippen LogP contribution in [-0.2, 0) is 0 Å². The molecule has 0 aliphatic rings. The van der Waals surface area contributed by atoms with Crippen LogP contribution >= 0.6 is 11.8 Å². The molecule has 2 N–H and O–H groups in total. The van der Waals surface area contributed by atoms with E-state index in [1.54, 1.807) is 0 Å². The van der Waals surface area contributed by atoms with Gasteiger partial charge in [-0.15, -0.1) is 0 Å². The Hall–Kier alpha value is -1.61. The third kappa shape index (κ3) is 7.50. The van der Waals surface area contributed by atoms with Gasteiger partial charge in [-0.2, -0.15) is 0 Å². The molecule has 0 saturated heterocycles. The summed E-state index contributed by atoms with van der Waals surface area (Å²) in [6.07, 6.45) is 7.42. The van der Waals surface area contributed by atoms with Crippen molar-refractivity contribution < 1.29 is 0 Å². The van der Waals surface area contributed by atoms with Crippen LogP contribution in [0.25, 0.3) is 0 Å². The zero-order chi connectivity index (χ0) is 19.5. The molecule has 2 atom stereocenters. The van der Waals surface area contributed by atoms with Gasteiger partial charge in [0.1, 0.15) is 0 Å². The summed E-state index contributed by atoms with van der Waals surface area (Å²) in [5.41, 5.74) is 2.47. The Labute approximate surface area is 170 Å². The number of hydrogen-bond donors (Lipinski definition) is 2. The van der Waals surface area contributed by atoms with Crippen molar-refractivity contribution in [1.82, 2.24) is 0 Å². The van der Waals surface area contributed by atoms with E-state index < -0.39 is 0 Å². The number of hydrogen-bond acceptors (Lipinski definition) is 3. The summed E-state index contributed by atoms with van der Waals surface area (Å²) in [6, 6.07) is 18.2. The minimum absolute atomic E-state index is 0.467. The molecular formula is C24H36N2S. The molecule has 2 unspecified atom stereocenters. The molecule has 0 fully saturated rings. The molecule has 0 saturated carbocycles. The number of nitrogens with one attached hydrogen (secondary N) is 2. The van der Waals surface area contributed by atoms with Crippen molar-refractivity contribution in [3.63, 3.8) is 0 Å². The van der Waals surface area contributed by atoms with E-state index in [4.69, 9.17) is 0 Å². The minimum Gasteiger partial charge on any atom is -0.381 e. The van der Waals surface area contributed by atoms with Gasteiger partial charge in [0.2, 0.25) is 0 Å². The van der Waals surface area contributed by atoms with Gasteiger partial charge >= 0.3 is 0 Å². The van der Waals surface area contributed by atoms with Crippen molar-refractivity contribution in [2.24, 2.45) is 0 Å². The molecule has 148 valence electrons. The number of benzene rings is 2. The van der Waals surface area contributed by atoms with Gasteiger partial charge in [-0.3, -0.25) is 0 Å². The van der Waals surface area contributed by atoms with Crippen molar-refractivity contribution in [2.45, 2.75) is 88.1 Å². The fourth-order valence-electron chi connectivity index (χ4n) is 3.18. The van der Waals surface area contributed by atoms with Crippen molar-refractivity contribution in [3.8, 4) is 0 Å². The van der Waals surface area contributed by atoms with E-state index >= 15 is 0 Å². The highest BCUT2D eigenvalue weighted by Gasteiger charge is 2.14. The van der Waals surface area contributed by atoms with Gasteiger partial charge in [0.25, 0.3) is 0 Å². The first-order valence-electron chi connectivity index (χ1n) is 10.5. The van der Waals surface area contributed by atoms with Gasteiger partial charge in [-0.25, -0.2) is 0 Å². The maximum atomic E-state index is 3.81. The Kier molecular flexibility index (Phi) is 9.61. The lowest BCUT2D eigenvalue weighted by molar-refractivity contribution is 0.639. The molecule has 0 aliphatic carbocycles. The topological polar surface area (TPSA) is 24.1 Å². The SMILES string of the molecule is CCCCC(C)Nc1cccc(Sc2ccccc2)c1NC(C)CCCC. The lowest BCUT2D eigenvalue weighted by Gasteiger charge is -2.24. The zero-order valence-electron chi connectivity index (χ0n) is 17.4. The summed E-state index contributed by atoms with van der Waals surface area (Å²) in [5.74, 6) is 0. The van der Waals surface area contributed by atoms with E-state index in [2.05, 4.69) is 86.9 Å². The van der Waals surface area contributed by atoms with E-state index in [0.29, 0.717) is 12.1 Å². The van der Waals surface area contributed by atoms with E-state index in [-0.39, 0.29) is 0 Å². The van der Waals surface area contributed by atoms with Gasteiger partial charge in [0.05, 0.1) is 11.4 Å². The molecule has 27 heavy (non-hydrogen) atoms. The molecule has 0 heterocycles. The molecule has 2 aromatic carbocycles. The standard InChI is InChI=1S/C24H36N2S/c1-5-7-13-19(3)25-22-17-12-18-23(27-21-15-10-9-11-16-21)24(22)26-20(4)14-8-6-2/h9-12,15-20,25-26H,5-8,13-14H2,1-4H3. The van der Waals surface area contributed by atoms with Crippen LogP contribution in [-0.4, -0.2) is 12.1 Å². The fourth-order valence-corrected chi connectivity index (χ4v) is 4.14. The van der Waals surface area contributed by atoms with Gasteiger partial charge in [-0.1, -0.05) is 75.6 Å². The largest absolute Gasteiger partial charge is 0.381 e. The summed E-state index contributed by atoms with van der Waals surface area (Å²) in [4.78, 5) is 2.56. The van der Waals surface area contributed by atoms with E-state index in [9.17, 15) is 0 Å². The Bertz CT molecular complexity index is 657. The molecule has 0 radical (unpaired) electrons. The first kappa shape index (κ1) is 21.7. The number of para-hydroxylation sites is 1. The van der Waals surface area contributed by atoms with Crippen LogP contribution in [0.1, 0.15) is 66.2 Å². The van der Waals surface area contributed by atoms with Crippen LogP contribution in [0.3, 0.4) is 0 Å². The summed E-state index contributed by atoms with van der Waals surface area (Å²) in [7, 11) is 0. The predicted molar refractivity (Wildman–Crippen MR) is 122 cm³/mol. The third-order valence-corrected chi connectivity index (χ3v) is 5.84. The summed E-state index contributed by atoms with van der Waals surface area (Å²) in [6.45, 7) is 9.10. The second-order valence-electron chi connectivity index (χ2n) is 7.47. The molecular weight excluding hydrogens is 348 g/mol. The second kappa shape index (κ2) is 12.0. The molecule has 0 bridgehead atoms. The van der Waals surface area contributed by atoms with E-state index in [1.165, 1.54) is 59.7 Å². The van der Waals surface area contributed by atoms with Gasteiger partial charge in [0, 0.05) is 21.9 Å². The van der Waals surface area contributed by atoms with Crippen LogP contribution in [0.4, 0.5) is 11.4 Å². The predicted octanol–water partition coefficient (Wildman–Crippen LogP) is 7.82. The summed E-state index contributed by atoms with van der Waals surface area (Å²) in [5, 5.41) is 7.57. The van der Waals surface area contributed by atoms with Crippen molar-refractivity contribution in [1.29, 1.82) is 0 Å². The van der Waals surface area contributed by atoms with Crippen LogP contribution < -0.4 is 10.6 Å². The Morgan fingerprint density at radius 2 is 1.41 bits per heavy atom. The fraction of sp³-hybridized carbons (Fsp3) is 0.500. The minimum atomic E-state index is 0.467. The number of anilines is 2. The summed E-state index contributed by atoms with van der Waals surface area (Å²) >= 11 is 1.84. The average Bonchev–Trinajstić information content (AvgIpc) is 2.68. The lowest BCUT2D eigenvalue weighted by atomic mass is 10.1. The first-order chi connectivity index (χ1) is 13.1. The van der Waals surface area contributed by atoms with Crippen molar-refractivity contribution in [3.05, 3.63) is 48.5 Å². The summed E-state index contributed by atoms with van der Waals surface area (Å²) < 4.78 is 0. The highest BCUT2D eigenvalue weighted by Crippen LogP contribution is 2.39. The van der Waals surface area contributed by atoms with Gasteiger partial charge in [-0.05, 0) is 51.0 Å². The molecule has 2 rings (SSSR count). The normalized spacial score (nSPS) is 13.2. The smallest absolute Gasteiger partial charge is 0.0719 e. The van der Waals surface area contributed by atoms with Crippen molar-refractivity contribution >= 4 is 23.1 Å². The molecule has 2 aromatic rings. The Morgan fingerprint density at radius 1 is 0.778 bits per heavy atom. The van der Waals surface area contributed by atoms with Gasteiger partial charge < -0.3 is 10.6 Å². The maximum Gasteiger partial charge on any atom is 0.0719 e. The highest BCUT2D eigenvalue weighted by atomic mass is 32.2. The number of rotatable bonds is 12. The second-order valence-corrected chi connectivity index (χ2v) is 8.58. The number of unbranched alkanes of at least 4 members (excludes halogenated alkanes) is 2. The average molecular weight is 385 g/mol. The lowest BCUT2D eigenvalue weighted by Crippen LogP contribution is -2.20. The van der Waals surface area contributed by atoms with Crippen LogP contribution in [0.2, 0.25) is 0 Å². The van der Waals surface area contributed by atoms with E-state index in [1.807, 2.05) is 11.8 Å². The molecule has 3 heteroatoms. The van der Waals surface area contributed by atoms with Crippen LogP contribution in [0.15, 0.2) is 58.3 Å². The van der Waals surface area contributed by atoms with Crippen molar-refractivity contribution in [2.75, 3.05) is 10.6 Å². The monoisotopic (exact) mass is 384 g/mol. The highest BCUT2D eigenvalue weighted by molar-refractivity contribution is 7.99.